The summed E-state index contributed by atoms with van der Waals surface area (Å²) in [6.07, 6.45) is 3.81. The fourth-order valence-electron chi connectivity index (χ4n) is 4.80. The van der Waals surface area contributed by atoms with Gasteiger partial charge in [-0.15, -0.1) is 11.3 Å². The average molecular weight is 483 g/mol. The highest BCUT2D eigenvalue weighted by molar-refractivity contribution is 7.09. The van der Waals surface area contributed by atoms with Gasteiger partial charge in [0.2, 0.25) is 5.78 Å². The second-order valence-electron chi connectivity index (χ2n) is 8.98. The minimum atomic E-state index is -1.27. The zero-order valence-corrected chi connectivity index (χ0v) is 20.3. The largest absolute Gasteiger partial charge is 0.336 e. The van der Waals surface area contributed by atoms with Crippen LogP contribution in [0.5, 0.6) is 0 Å². The fraction of sp³-hybridized carbons (Fsp3) is 0.480. The van der Waals surface area contributed by atoms with Gasteiger partial charge in [-0.1, -0.05) is 26.0 Å². The monoisotopic (exact) mass is 482 g/mol. The van der Waals surface area contributed by atoms with Gasteiger partial charge in [0.15, 0.2) is 5.54 Å². The summed E-state index contributed by atoms with van der Waals surface area (Å²) in [5, 5.41) is 4.96. The number of carbonyl (C=O) groups excluding carboxylic acids is 4. The van der Waals surface area contributed by atoms with Crippen molar-refractivity contribution in [3.05, 3.63) is 52.5 Å². The molecule has 4 amide bonds. The van der Waals surface area contributed by atoms with E-state index in [2.05, 4.69) is 10.3 Å². The zero-order valence-electron chi connectivity index (χ0n) is 19.5. The number of nitrogens with zero attached hydrogens (tertiary/aromatic N) is 3. The van der Waals surface area contributed by atoms with Gasteiger partial charge in [-0.05, 0) is 49.3 Å². The minimum Gasteiger partial charge on any atom is -0.336 e. The maximum Gasteiger partial charge on any atom is 0.325 e. The molecule has 2 aliphatic heterocycles. The third-order valence-corrected chi connectivity index (χ3v) is 7.96. The summed E-state index contributed by atoms with van der Waals surface area (Å²) in [4.78, 5) is 60.3. The van der Waals surface area contributed by atoms with Crippen LogP contribution < -0.4 is 5.32 Å². The number of urea groups is 1. The topological polar surface area (TPSA) is 99.7 Å². The number of hydrogen-bond acceptors (Lipinski definition) is 6. The van der Waals surface area contributed by atoms with Gasteiger partial charge >= 0.3 is 6.03 Å². The summed E-state index contributed by atoms with van der Waals surface area (Å²) in [6, 6.07) is 8.87. The molecule has 4 rings (SSSR count). The Morgan fingerprint density at radius 2 is 1.97 bits per heavy atom. The van der Waals surface area contributed by atoms with E-state index in [1.807, 2.05) is 24.4 Å². The number of piperidine rings is 1. The molecule has 0 aliphatic carbocycles. The second-order valence-corrected chi connectivity index (χ2v) is 10.0. The summed E-state index contributed by atoms with van der Waals surface area (Å²) in [5.41, 5.74) is -0.767. The standard InChI is InChI=1S/C25H30N4O4S/c1-3-17(2)21(30)22(31)28-13-9-18(10-14-28)25(20-8-4-5-12-26-20)23(32)29(24(33)27-25)15-11-19-7-6-16-34-19/h4-8,12,16-18H,3,9-11,13-15H2,1-2H3,(H,27,33). The number of aromatic nitrogens is 1. The first-order valence-corrected chi connectivity index (χ1v) is 12.7. The summed E-state index contributed by atoms with van der Waals surface area (Å²) in [6.45, 7) is 4.66. The van der Waals surface area contributed by atoms with Crippen molar-refractivity contribution in [3.8, 4) is 0 Å². The van der Waals surface area contributed by atoms with Crippen LogP contribution in [0.2, 0.25) is 0 Å². The van der Waals surface area contributed by atoms with Crippen molar-refractivity contribution in [2.45, 2.75) is 45.1 Å². The highest BCUT2D eigenvalue weighted by Gasteiger charge is 2.58. The van der Waals surface area contributed by atoms with Crippen molar-refractivity contribution < 1.29 is 19.2 Å². The van der Waals surface area contributed by atoms with Gasteiger partial charge in [0.05, 0.1) is 5.69 Å². The Kier molecular flexibility index (Phi) is 7.11. The van der Waals surface area contributed by atoms with E-state index in [1.54, 1.807) is 47.6 Å². The number of rotatable bonds is 8. The average Bonchev–Trinajstić information content (AvgIpc) is 3.48. The number of likely N-dealkylation sites (tertiary alicyclic amines) is 1. The van der Waals surface area contributed by atoms with Crippen molar-refractivity contribution in [2.24, 2.45) is 11.8 Å². The van der Waals surface area contributed by atoms with Gasteiger partial charge in [0, 0.05) is 42.5 Å². The quantitative estimate of drug-likeness (QED) is 0.461. The van der Waals surface area contributed by atoms with Crippen LogP contribution in [0.1, 0.15) is 43.7 Å². The molecule has 0 spiro atoms. The number of Topliss-reactive ketones (excluding diaryl/α,β-unsaturated/α-hetero) is 1. The van der Waals surface area contributed by atoms with E-state index in [4.69, 9.17) is 0 Å². The number of hydrogen-bond donors (Lipinski definition) is 1. The number of carbonyl (C=O) groups is 4. The lowest BCUT2D eigenvalue weighted by atomic mass is 9.75. The van der Waals surface area contributed by atoms with Crippen molar-refractivity contribution in [3.63, 3.8) is 0 Å². The van der Waals surface area contributed by atoms with Crippen LogP contribution in [0.3, 0.4) is 0 Å². The normalized spacial score (nSPS) is 22.1. The molecule has 2 fully saturated rings. The Balaban J connectivity index is 1.55. The number of nitrogens with one attached hydrogen (secondary N) is 1. The number of amides is 4. The van der Waals surface area contributed by atoms with Crippen LogP contribution in [-0.2, 0) is 26.3 Å². The van der Waals surface area contributed by atoms with Crippen molar-refractivity contribution in [1.29, 1.82) is 0 Å². The lowest BCUT2D eigenvalue weighted by molar-refractivity contribution is -0.148. The summed E-state index contributed by atoms with van der Waals surface area (Å²) in [5.74, 6) is -1.68. The Hall–Kier alpha value is -3.07. The number of ketones is 1. The Bertz CT molecular complexity index is 1050. The van der Waals surface area contributed by atoms with Crippen molar-refractivity contribution in [1.82, 2.24) is 20.1 Å². The molecule has 0 bridgehead atoms. The first-order valence-electron chi connectivity index (χ1n) is 11.8. The van der Waals surface area contributed by atoms with Crippen LogP contribution in [0, 0.1) is 11.8 Å². The predicted molar refractivity (Wildman–Crippen MR) is 128 cm³/mol. The van der Waals surface area contributed by atoms with Crippen molar-refractivity contribution >= 4 is 35.0 Å². The molecule has 2 aromatic heterocycles. The molecule has 2 atom stereocenters. The molecule has 8 nitrogen and oxygen atoms in total. The number of pyridine rings is 1. The second kappa shape index (κ2) is 10.0. The Morgan fingerprint density at radius 1 is 1.21 bits per heavy atom. The maximum atomic E-state index is 13.8. The van der Waals surface area contributed by atoms with Gasteiger partial charge in [-0.25, -0.2) is 4.79 Å². The Labute approximate surface area is 203 Å². The zero-order chi connectivity index (χ0) is 24.3. The summed E-state index contributed by atoms with van der Waals surface area (Å²) in [7, 11) is 0. The molecule has 4 heterocycles. The lowest BCUT2D eigenvalue weighted by Crippen LogP contribution is -2.55. The van der Waals surface area contributed by atoms with Crippen LogP contribution in [0.15, 0.2) is 41.9 Å². The van der Waals surface area contributed by atoms with Gasteiger partial charge in [-0.2, -0.15) is 0 Å². The first kappa shape index (κ1) is 24.1. The van der Waals surface area contributed by atoms with Crippen LogP contribution in [-0.4, -0.2) is 58.0 Å². The molecule has 2 unspecified atom stereocenters. The first-order chi connectivity index (χ1) is 16.4. The van der Waals surface area contributed by atoms with E-state index in [9.17, 15) is 19.2 Å². The van der Waals surface area contributed by atoms with Crippen LogP contribution >= 0.6 is 11.3 Å². The predicted octanol–water partition coefficient (Wildman–Crippen LogP) is 2.99. The molecular weight excluding hydrogens is 452 g/mol. The molecule has 2 aromatic rings. The molecule has 2 aliphatic rings. The molecule has 2 saturated heterocycles. The fourth-order valence-corrected chi connectivity index (χ4v) is 5.50. The van der Waals surface area contributed by atoms with Gasteiger partial charge in [-0.3, -0.25) is 24.3 Å². The molecule has 0 aromatic carbocycles. The highest BCUT2D eigenvalue weighted by atomic mass is 32.1. The van der Waals surface area contributed by atoms with Gasteiger partial charge < -0.3 is 10.2 Å². The van der Waals surface area contributed by atoms with E-state index in [-0.39, 0.29) is 23.5 Å². The number of imide groups is 1. The van der Waals surface area contributed by atoms with Gasteiger partial charge in [0.1, 0.15) is 0 Å². The third kappa shape index (κ3) is 4.36. The van der Waals surface area contributed by atoms with Crippen LogP contribution in [0.25, 0.3) is 0 Å². The molecule has 9 heteroatoms. The van der Waals surface area contributed by atoms with Crippen molar-refractivity contribution in [2.75, 3.05) is 19.6 Å². The number of thiophene rings is 1. The molecular formula is C25H30N4O4S. The summed E-state index contributed by atoms with van der Waals surface area (Å²) >= 11 is 1.59. The third-order valence-electron chi connectivity index (χ3n) is 7.03. The van der Waals surface area contributed by atoms with E-state index >= 15 is 0 Å². The maximum absolute atomic E-state index is 13.8. The van der Waals surface area contributed by atoms with E-state index in [0.29, 0.717) is 51.0 Å². The van der Waals surface area contributed by atoms with Crippen LogP contribution in [0.4, 0.5) is 4.79 Å². The van der Waals surface area contributed by atoms with E-state index < -0.39 is 17.5 Å². The summed E-state index contributed by atoms with van der Waals surface area (Å²) < 4.78 is 0. The van der Waals surface area contributed by atoms with E-state index in [1.165, 1.54) is 4.90 Å². The minimum absolute atomic E-state index is 0.242. The lowest BCUT2D eigenvalue weighted by Gasteiger charge is -2.40. The molecule has 180 valence electrons. The molecule has 34 heavy (non-hydrogen) atoms. The van der Waals surface area contributed by atoms with E-state index in [0.717, 1.165) is 4.88 Å². The smallest absolute Gasteiger partial charge is 0.325 e. The highest BCUT2D eigenvalue weighted by Crippen LogP contribution is 2.40. The molecule has 1 N–H and O–H groups in total. The Morgan fingerprint density at radius 3 is 2.59 bits per heavy atom. The van der Waals surface area contributed by atoms with Gasteiger partial charge in [0.25, 0.3) is 11.8 Å². The molecule has 0 saturated carbocycles. The SMILES string of the molecule is CCC(C)C(=O)C(=O)N1CCC(C2(c3ccccn3)NC(=O)N(CCc3cccs3)C2=O)CC1. The molecule has 0 radical (unpaired) electrons.